The number of carbonyl (C=O) groups is 1. The minimum Gasteiger partial charge on any atom is -0.383 e. The molecule has 1 amide bonds. The molecule has 9 nitrogen and oxygen atoms in total. The van der Waals surface area contributed by atoms with Crippen molar-refractivity contribution in [2.75, 3.05) is 30.9 Å². The molecule has 0 aliphatic heterocycles. The standard InChI is InChI=1S/C22H26ClN5O4/c1-12(2)11-28-19(24)18(20(29)26-22(28)31)27(7-8-32-4)21(30)16-10-14-9-15(23)5-6-17(14)25-13(16)3/h5-6,9-10,12H,7-8,11,24H2,1-4H3,(H,26,29,31). The van der Waals surface area contributed by atoms with Crippen molar-refractivity contribution in [3.8, 4) is 0 Å². The van der Waals surface area contributed by atoms with Gasteiger partial charge in [0.25, 0.3) is 11.5 Å². The first-order valence-corrected chi connectivity index (χ1v) is 10.5. The molecule has 3 aromatic rings. The van der Waals surface area contributed by atoms with Gasteiger partial charge in [-0.2, -0.15) is 0 Å². The van der Waals surface area contributed by atoms with Gasteiger partial charge in [-0.15, -0.1) is 0 Å². The molecule has 2 aromatic heterocycles. The third kappa shape index (κ3) is 4.68. The molecule has 0 saturated heterocycles. The Labute approximate surface area is 189 Å². The van der Waals surface area contributed by atoms with Crippen molar-refractivity contribution in [1.82, 2.24) is 14.5 Å². The number of nitrogens with zero attached hydrogens (tertiary/aromatic N) is 3. The second kappa shape index (κ2) is 9.54. The van der Waals surface area contributed by atoms with E-state index in [1.807, 2.05) is 13.8 Å². The van der Waals surface area contributed by atoms with Crippen LogP contribution in [0, 0.1) is 12.8 Å². The van der Waals surface area contributed by atoms with E-state index in [1.54, 1.807) is 31.2 Å². The number of nitrogens with one attached hydrogen (secondary N) is 1. The number of aromatic amines is 1. The Morgan fingerprint density at radius 1 is 1.31 bits per heavy atom. The minimum atomic E-state index is -0.744. The number of anilines is 2. The van der Waals surface area contributed by atoms with E-state index in [1.165, 1.54) is 16.6 Å². The molecule has 3 N–H and O–H groups in total. The predicted molar refractivity (Wildman–Crippen MR) is 126 cm³/mol. The highest BCUT2D eigenvalue weighted by molar-refractivity contribution is 6.31. The number of aromatic nitrogens is 3. The molecule has 0 unspecified atom stereocenters. The number of amides is 1. The van der Waals surface area contributed by atoms with Crippen LogP contribution in [-0.2, 0) is 11.3 Å². The molecule has 0 saturated carbocycles. The number of methoxy groups -OCH3 is 1. The molecule has 0 fully saturated rings. The zero-order chi connectivity index (χ0) is 23.6. The number of halogens is 1. The van der Waals surface area contributed by atoms with E-state index in [-0.39, 0.29) is 42.7 Å². The van der Waals surface area contributed by atoms with Crippen molar-refractivity contribution in [3.05, 3.63) is 61.4 Å². The number of fused-ring (bicyclic) bond motifs is 1. The van der Waals surface area contributed by atoms with Crippen LogP contribution in [0.15, 0.2) is 33.9 Å². The molecule has 0 radical (unpaired) electrons. The number of pyridine rings is 1. The van der Waals surface area contributed by atoms with E-state index >= 15 is 0 Å². The maximum Gasteiger partial charge on any atom is 0.330 e. The molecule has 0 aliphatic carbocycles. The largest absolute Gasteiger partial charge is 0.383 e. The van der Waals surface area contributed by atoms with E-state index in [2.05, 4.69) is 9.97 Å². The van der Waals surface area contributed by atoms with E-state index in [0.717, 1.165) is 0 Å². The Hall–Kier alpha value is -3.17. The second-order valence-electron chi connectivity index (χ2n) is 7.91. The summed E-state index contributed by atoms with van der Waals surface area (Å²) in [5, 5.41) is 1.20. The number of H-pyrrole nitrogens is 1. The predicted octanol–water partition coefficient (Wildman–Crippen LogP) is 2.58. The summed E-state index contributed by atoms with van der Waals surface area (Å²) in [7, 11) is 1.49. The number of nitrogens with two attached hydrogens (primary N) is 1. The Balaban J connectivity index is 2.19. The molecule has 10 heteroatoms. The van der Waals surface area contributed by atoms with Crippen LogP contribution in [0.1, 0.15) is 29.9 Å². The van der Waals surface area contributed by atoms with Gasteiger partial charge in [0.05, 0.1) is 23.4 Å². The van der Waals surface area contributed by atoms with E-state index in [0.29, 0.717) is 21.6 Å². The number of hydrogen-bond acceptors (Lipinski definition) is 6. The number of carbonyl (C=O) groups excluding carboxylic acids is 1. The lowest BCUT2D eigenvalue weighted by Gasteiger charge is -2.25. The van der Waals surface area contributed by atoms with Crippen molar-refractivity contribution in [3.63, 3.8) is 0 Å². The summed E-state index contributed by atoms with van der Waals surface area (Å²) in [6.07, 6.45) is 0. The smallest absolute Gasteiger partial charge is 0.330 e. The van der Waals surface area contributed by atoms with Gasteiger partial charge in [-0.1, -0.05) is 25.4 Å². The van der Waals surface area contributed by atoms with Gasteiger partial charge in [0.2, 0.25) is 0 Å². The van der Waals surface area contributed by atoms with Gasteiger partial charge in [-0.25, -0.2) is 4.79 Å². The minimum absolute atomic E-state index is 0.0511. The Morgan fingerprint density at radius 3 is 2.69 bits per heavy atom. The average Bonchev–Trinajstić information content (AvgIpc) is 2.72. The number of aryl methyl sites for hydroxylation is 1. The van der Waals surface area contributed by atoms with E-state index in [9.17, 15) is 14.4 Å². The number of hydrogen-bond donors (Lipinski definition) is 2. The van der Waals surface area contributed by atoms with Gasteiger partial charge in [-0.3, -0.25) is 29.0 Å². The molecule has 32 heavy (non-hydrogen) atoms. The summed E-state index contributed by atoms with van der Waals surface area (Å²) in [5.74, 6) is -0.472. The van der Waals surface area contributed by atoms with Gasteiger partial charge < -0.3 is 10.5 Å². The van der Waals surface area contributed by atoms with Crippen molar-refractivity contribution in [2.45, 2.75) is 27.3 Å². The van der Waals surface area contributed by atoms with E-state index in [4.69, 9.17) is 22.1 Å². The maximum atomic E-state index is 13.6. The number of benzene rings is 1. The van der Waals surface area contributed by atoms with Crippen molar-refractivity contribution in [1.29, 1.82) is 0 Å². The van der Waals surface area contributed by atoms with Crippen LogP contribution in [0.3, 0.4) is 0 Å². The first-order chi connectivity index (χ1) is 15.1. The zero-order valence-corrected chi connectivity index (χ0v) is 19.2. The molecule has 0 aliphatic rings. The molecule has 1 aromatic carbocycles. The lowest BCUT2D eigenvalue weighted by Crippen LogP contribution is -2.43. The molecular weight excluding hydrogens is 434 g/mol. The van der Waals surface area contributed by atoms with E-state index < -0.39 is 17.2 Å². The summed E-state index contributed by atoms with van der Waals surface area (Å²) in [5.41, 5.74) is 6.24. The van der Waals surface area contributed by atoms with Crippen LogP contribution >= 0.6 is 11.6 Å². The first-order valence-electron chi connectivity index (χ1n) is 10.1. The molecular formula is C22H26ClN5O4. The fraction of sp³-hybridized carbons (Fsp3) is 0.364. The fourth-order valence-corrected chi connectivity index (χ4v) is 3.67. The van der Waals surface area contributed by atoms with Crippen LogP contribution < -0.4 is 21.9 Å². The Bertz CT molecular complexity index is 1280. The summed E-state index contributed by atoms with van der Waals surface area (Å²) in [6, 6.07) is 6.89. The number of ether oxygens (including phenoxy) is 1. The molecule has 0 bridgehead atoms. The van der Waals surface area contributed by atoms with Crippen LogP contribution in [0.2, 0.25) is 5.02 Å². The van der Waals surface area contributed by atoms with Crippen LogP contribution in [0.25, 0.3) is 10.9 Å². The normalized spacial score (nSPS) is 11.3. The third-order valence-electron chi connectivity index (χ3n) is 4.99. The highest BCUT2D eigenvalue weighted by atomic mass is 35.5. The summed E-state index contributed by atoms with van der Waals surface area (Å²) in [6.45, 7) is 6.04. The zero-order valence-electron chi connectivity index (χ0n) is 18.4. The average molecular weight is 460 g/mol. The lowest BCUT2D eigenvalue weighted by atomic mass is 10.1. The quantitative estimate of drug-likeness (QED) is 0.559. The SMILES string of the molecule is COCCN(C(=O)c1cc2cc(Cl)ccc2nc1C)c1c(N)n(CC(C)C)c(=O)[nH]c1=O. The van der Waals surface area contributed by atoms with Crippen molar-refractivity contribution in [2.24, 2.45) is 5.92 Å². The molecule has 2 heterocycles. The van der Waals surface area contributed by atoms with Crippen molar-refractivity contribution >= 4 is 39.9 Å². The topological polar surface area (TPSA) is 123 Å². The lowest BCUT2D eigenvalue weighted by molar-refractivity contribution is 0.0974. The van der Waals surface area contributed by atoms with Crippen LogP contribution in [0.4, 0.5) is 11.5 Å². The first kappa shape index (κ1) is 23.5. The highest BCUT2D eigenvalue weighted by Gasteiger charge is 2.27. The van der Waals surface area contributed by atoms with Gasteiger partial charge in [0.15, 0.2) is 5.69 Å². The molecule has 3 rings (SSSR count). The van der Waals surface area contributed by atoms with Crippen LogP contribution in [-0.4, -0.2) is 40.7 Å². The number of rotatable bonds is 7. The Morgan fingerprint density at radius 2 is 2.03 bits per heavy atom. The Kier molecular flexibility index (Phi) is 7.00. The molecule has 0 spiro atoms. The van der Waals surface area contributed by atoms with Gasteiger partial charge in [0.1, 0.15) is 5.82 Å². The second-order valence-corrected chi connectivity index (χ2v) is 8.34. The van der Waals surface area contributed by atoms with Gasteiger partial charge in [0, 0.05) is 30.6 Å². The third-order valence-corrected chi connectivity index (χ3v) is 5.23. The fourth-order valence-electron chi connectivity index (χ4n) is 3.49. The van der Waals surface area contributed by atoms with Crippen molar-refractivity contribution < 1.29 is 9.53 Å². The van der Waals surface area contributed by atoms with Gasteiger partial charge in [-0.05, 0) is 37.1 Å². The summed E-state index contributed by atoms with van der Waals surface area (Å²) in [4.78, 5) is 46.7. The summed E-state index contributed by atoms with van der Waals surface area (Å²) < 4.78 is 6.41. The highest BCUT2D eigenvalue weighted by Crippen LogP contribution is 2.24. The summed E-state index contributed by atoms with van der Waals surface area (Å²) >= 11 is 6.10. The van der Waals surface area contributed by atoms with Gasteiger partial charge >= 0.3 is 5.69 Å². The molecule has 170 valence electrons. The molecule has 0 atom stereocenters. The number of nitrogen functional groups attached to an aromatic ring is 1. The monoisotopic (exact) mass is 459 g/mol. The maximum absolute atomic E-state index is 13.6. The van der Waals surface area contributed by atoms with Crippen LogP contribution in [0.5, 0.6) is 0 Å².